The van der Waals surface area contributed by atoms with Gasteiger partial charge in [0, 0.05) is 22.9 Å². The normalized spacial score (nSPS) is 13.4. The molecule has 2 N–H and O–H groups in total. The number of aliphatic carboxylic acids is 1. The van der Waals surface area contributed by atoms with E-state index in [9.17, 15) is 14.7 Å². The van der Waals surface area contributed by atoms with E-state index in [1.165, 1.54) is 4.88 Å². The van der Waals surface area contributed by atoms with Gasteiger partial charge in [0.1, 0.15) is 11.9 Å². The lowest BCUT2D eigenvalue weighted by Crippen LogP contribution is -2.41. The summed E-state index contributed by atoms with van der Waals surface area (Å²) >= 11 is 1.72. The molecule has 0 aliphatic heterocycles. The van der Waals surface area contributed by atoms with Gasteiger partial charge in [0.25, 0.3) is 5.91 Å². The van der Waals surface area contributed by atoms with E-state index in [0.29, 0.717) is 23.9 Å². The zero-order valence-corrected chi connectivity index (χ0v) is 20.8. The zero-order chi connectivity index (χ0) is 24.0. The van der Waals surface area contributed by atoms with E-state index >= 15 is 0 Å². The summed E-state index contributed by atoms with van der Waals surface area (Å²) in [5, 5.41) is 14.4. The monoisotopic (exact) mass is 469 g/mol. The third-order valence-corrected chi connectivity index (χ3v) is 7.37. The third kappa shape index (κ3) is 6.02. The Bertz CT molecular complexity index is 1070. The summed E-state index contributed by atoms with van der Waals surface area (Å²) in [6, 6.07) is 9.12. The summed E-state index contributed by atoms with van der Waals surface area (Å²) in [6.07, 6.45) is 4.92. The van der Waals surface area contributed by atoms with Crippen LogP contribution in [0.5, 0.6) is 0 Å². The van der Waals surface area contributed by atoms with Crippen LogP contribution in [0.25, 0.3) is 11.0 Å². The number of carbonyl (C=O) groups is 2. The van der Waals surface area contributed by atoms with E-state index < -0.39 is 12.0 Å². The number of carbonyl (C=O) groups excluding carboxylic acids is 1. The number of rotatable bonds is 12. The molecule has 1 aromatic carbocycles. The van der Waals surface area contributed by atoms with Crippen molar-refractivity contribution in [2.45, 2.75) is 78.3 Å². The van der Waals surface area contributed by atoms with Gasteiger partial charge in [-0.2, -0.15) is 0 Å². The number of nitrogens with zero attached hydrogens (tertiary/aromatic N) is 2. The van der Waals surface area contributed by atoms with Gasteiger partial charge in [0.05, 0.1) is 11.0 Å². The molecular formula is C26H35N3O3S. The van der Waals surface area contributed by atoms with E-state index in [1.54, 1.807) is 23.5 Å². The van der Waals surface area contributed by atoms with Crippen LogP contribution in [0.3, 0.4) is 0 Å². The minimum atomic E-state index is -0.996. The number of carboxylic acids is 1. The van der Waals surface area contributed by atoms with Crippen LogP contribution in [-0.2, 0) is 11.2 Å². The van der Waals surface area contributed by atoms with Gasteiger partial charge < -0.3 is 15.0 Å². The van der Waals surface area contributed by atoms with Gasteiger partial charge >= 0.3 is 5.97 Å². The van der Waals surface area contributed by atoms with Gasteiger partial charge in [-0.25, -0.2) is 9.78 Å². The lowest BCUT2D eigenvalue weighted by Gasteiger charge is -2.19. The number of fused-ring (bicyclic) bond motifs is 1. The highest BCUT2D eigenvalue weighted by molar-refractivity contribution is 7.09. The predicted molar refractivity (Wildman–Crippen MR) is 134 cm³/mol. The number of nitrogens with one attached hydrogen (secondary N) is 1. The van der Waals surface area contributed by atoms with E-state index in [0.717, 1.165) is 49.0 Å². The van der Waals surface area contributed by atoms with E-state index in [1.807, 2.05) is 12.1 Å². The molecule has 2 heterocycles. The lowest BCUT2D eigenvalue weighted by atomic mass is 9.99. The van der Waals surface area contributed by atoms with Crippen molar-refractivity contribution in [2.75, 3.05) is 0 Å². The SMILES string of the molecule is CCC(C)CC[C@H](NC(=O)c1ccc2c(c1)nc(Cc1cccs1)n2C(CC)CC)C(=O)O. The molecule has 33 heavy (non-hydrogen) atoms. The molecule has 0 radical (unpaired) electrons. The quantitative estimate of drug-likeness (QED) is 0.338. The van der Waals surface area contributed by atoms with Crippen molar-refractivity contribution in [3.05, 3.63) is 52.0 Å². The van der Waals surface area contributed by atoms with Crippen molar-refractivity contribution in [1.82, 2.24) is 14.9 Å². The summed E-state index contributed by atoms with van der Waals surface area (Å²) < 4.78 is 2.31. The molecule has 0 aliphatic rings. The molecule has 2 atom stereocenters. The summed E-state index contributed by atoms with van der Waals surface area (Å²) in [5.74, 6) is 0.0564. The van der Waals surface area contributed by atoms with Crippen LogP contribution in [0.2, 0.25) is 0 Å². The van der Waals surface area contributed by atoms with E-state index in [2.05, 4.69) is 49.0 Å². The minimum Gasteiger partial charge on any atom is -0.480 e. The first-order chi connectivity index (χ1) is 15.9. The van der Waals surface area contributed by atoms with Crippen LogP contribution in [-0.4, -0.2) is 32.6 Å². The van der Waals surface area contributed by atoms with Crippen molar-refractivity contribution in [3.63, 3.8) is 0 Å². The molecule has 2 aromatic heterocycles. The topological polar surface area (TPSA) is 84.2 Å². The van der Waals surface area contributed by atoms with Gasteiger partial charge in [-0.1, -0.05) is 40.2 Å². The highest BCUT2D eigenvalue weighted by Crippen LogP contribution is 2.28. The Balaban J connectivity index is 1.89. The molecule has 3 rings (SSSR count). The Morgan fingerprint density at radius 3 is 2.48 bits per heavy atom. The second kappa shape index (κ2) is 11.5. The number of thiophene rings is 1. The molecular weight excluding hydrogens is 434 g/mol. The number of carboxylic acid groups (broad SMARTS) is 1. The van der Waals surface area contributed by atoms with Gasteiger partial charge in [-0.3, -0.25) is 4.79 Å². The first-order valence-corrected chi connectivity index (χ1v) is 12.8. The first kappa shape index (κ1) is 25.0. The summed E-state index contributed by atoms with van der Waals surface area (Å²) in [6.45, 7) is 8.55. The van der Waals surface area contributed by atoms with Crippen molar-refractivity contribution in [1.29, 1.82) is 0 Å². The number of imidazole rings is 1. The fourth-order valence-corrected chi connectivity index (χ4v) is 4.90. The van der Waals surface area contributed by atoms with Gasteiger partial charge in [0.15, 0.2) is 0 Å². The van der Waals surface area contributed by atoms with Gasteiger partial charge in [-0.05, 0) is 61.2 Å². The van der Waals surface area contributed by atoms with Gasteiger partial charge in [0.2, 0.25) is 0 Å². The van der Waals surface area contributed by atoms with Gasteiger partial charge in [-0.15, -0.1) is 11.3 Å². The number of hydrogen-bond donors (Lipinski definition) is 2. The average molecular weight is 470 g/mol. The van der Waals surface area contributed by atoms with Crippen molar-refractivity contribution in [2.24, 2.45) is 5.92 Å². The minimum absolute atomic E-state index is 0.335. The smallest absolute Gasteiger partial charge is 0.326 e. The molecule has 3 aromatic rings. The summed E-state index contributed by atoms with van der Waals surface area (Å²) in [4.78, 5) is 30.8. The molecule has 0 spiro atoms. The Morgan fingerprint density at radius 1 is 1.12 bits per heavy atom. The third-order valence-electron chi connectivity index (χ3n) is 6.49. The molecule has 0 saturated carbocycles. The molecule has 0 aliphatic carbocycles. The lowest BCUT2D eigenvalue weighted by molar-refractivity contribution is -0.139. The van der Waals surface area contributed by atoms with Crippen LogP contribution in [0.1, 0.15) is 86.9 Å². The highest BCUT2D eigenvalue weighted by atomic mass is 32.1. The maximum Gasteiger partial charge on any atom is 0.326 e. The van der Waals surface area contributed by atoms with Crippen molar-refractivity contribution < 1.29 is 14.7 Å². The van der Waals surface area contributed by atoms with Crippen molar-refractivity contribution in [3.8, 4) is 0 Å². The number of hydrogen-bond acceptors (Lipinski definition) is 4. The van der Waals surface area contributed by atoms with Crippen LogP contribution < -0.4 is 5.32 Å². The second-order valence-corrected chi connectivity index (χ2v) is 9.82. The largest absolute Gasteiger partial charge is 0.480 e. The number of aromatic nitrogens is 2. The molecule has 0 saturated heterocycles. The molecule has 1 unspecified atom stereocenters. The van der Waals surface area contributed by atoms with Crippen LogP contribution in [0.4, 0.5) is 0 Å². The van der Waals surface area contributed by atoms with E-state index in [4.69, 9.17) is 4.98 Å². The molecule has 7 heteroatoms. The Kier molecular flexibility index (Phi) is 8.67. The number of benzene rings is 1. The molecule has 6 nitrogen and oxygen atoms in total. The fourth-order valence-electron chi connectivity index (χ4n) is 4.20. The molecule has 0 bridgehead atoms. The zero-order valence-electron chi connectivity index (χ0n) is 20.0. The standard InChI is InChI=1S/C26H35N3O3S/c1-5-17(4)10-12-21(26(31)32)28-25(30)18-11-13-23-22(15-18)27-24(16-20-9-8-14-33-20)29(23)19(6-2)7-3/h8-9,11,13-15,17,19,21H,5-7,10,12,16H2,1-4H3,(H,28,30)(H,31,32)/t17?,21-/m0/s1. The van der Waals surface area contributed by atoms with Crippen molar-refractivity contribution >= 4 is 34.2 Å². The Morgan fingerprint density at radius 2 is 1.88 bits per heavy atom. The molecule has 1 amide bonds. The maximum absolute atomic E-state index is 12.9. The second-order valence-electron chi connectivity index (χ2n) is 8.78. The number of amides is 1. The van der Waals surface area contributed by atoms with Crippen LogP contribution in [0.15, 0.2) is 35.7 Å². The average Bonchev–Trinajstić information content (AvgIpc) is 3.44. The maximum atomic E-state index is 12.9. The van der Waals surface area contributed by atoms with E-state index in [-0.39, 0.29) is 5.91 Å². The highest BCUT2D eigenvalue weighted by Gasteiger charge is 2.23. The predicted octanol–water partition coefficient (Wildman–Crippen LogP) is 6.06. The Hall–Kier alpha value is -2.67. The molecule has 0 fully saturated rings. The first-order valence-electron chi connectivity index (χ1n) is 11.9. The summed E-state index contributed by atoms with van der Waals surface area (Å²) in [7, 11) is 0. The van der Waals surface area contributed by atoms with Crippen LogP contribution in [0, 0.1) is 5.92 Å². The molecule has 178 valence electrons. The fraction of sp³-hybridized carbons (Fsp3) is 0.500. The van der Waals surface area contributed by atoms with Crippen LogP contribution >= 0.6 is 11.3 Å². The Labute approximate surface area is 200 Å². The summed E-state index contributed by atoms with van der Waals surface area (Å²) in [5.41, 5.74) is 2.22.